The Bertz CT molecular complexity index is 612. The van der Waals surface area contributed by atoms with Crippen LogP contribution < -0.4 is 4.87 Å². The summed E-state index contributed by atoms with van der Waals surface area (Å²) in [7, 11) is 0. The highest BCUT2D eigenvalue weighted by Crippen LogP contribution is 2.20. The summed E-state index contributed by atoms with van der Waals surface area (Å²) in [6.07, 6.45) is 0. The number of hydrogen-bond donors (Lipinski definition) is 1. The fourth-order valence-electron chi connectivity index (χ4n) is 1.65. The second kappa shape index (κ2) is 4.55. The van der Waals surface area contributed by atoms with Gasteiger partial charge in [0.25, 0.3) is 0 Å². The minimum atomic E-state index is -1.01. The van der Waals surface area contributed by atoms with Crippen LogP contribution >= 0.6 is 11.3 Å². The highest BCUT2D eigenvalue weighted by atomic mass is 32.1. The summed E-state index contributed by atoms with van der Waals surface area (Å²) in [5, 5.41) is 10.5. The number of hydrogen-bond acceptors (Lipinski definition) is 3. The normalized spacial score (nSPS) is 10.4. The molecule has 2 rings (SSSR count). The maximum absolute atomic E-state index is 11.6. The summed E-state index contributed by atoms with van der Waals surface area (Å²) in [5.41, 5.74) is 2.60. The Morgan fingerprint density at radius 2 is 2.24 bits per heavy atom. The average molecular weight is 249 g/mol. The zero-order valence-electron chi connectivity index (χ0n) is 9.21. The lowest BCUT2D eigenvalue weighted by molar-refractivity contribution is -0.137. The van der Waals surface area contributed by atoms with E-state index in [1.165, 1.54) is 4.57 Å². The van der Waals surface area contributed by atoms with E-state index in [9.17, 15) is 9.59 Å². The molecule has 0 spiro atoms. The van der Waals surface area contributed by atoms with Crippen LogP contribution in [0.4, 0.5) is 0 Å². The van der Waals surface area contributed by atoms with E-state index < -0.39 is 5.97 Å². The van der Waals surface area contributed by atoms with Crippen molar-refractivity contribution in [2.24, 2.45) is 0 Å². The second-order valence-corrected chi connectivity index (χ2v) is 4.56. The van der Waals surface area contributed by atoms with Gasteiger partial charge in [0.1, 0.15) is 6.54 Å². The van der Waals surface area contributed by atoms with Gasteiger partial charge in [-0.05, 0) is 18.6 Å². The van der Waals surface area contributed by atoms with Crippen molar-refractivity contribution in [3.63, 3.8) is 0 Å². The van der Waals surface area contributed by atoms with E-state index in [0.29, 0.717) is 5.69 Å². The van der Waals surface area contributed by atoms with Gasteiger partial charge in [-0.15, -0.1) is 0 Å². The third-order valence-corrected chi connectivity index (χ3v) is 3.15. The van der Waals surface area contributed by atoms with Gasteiger partial charge in [0, 0.05) is 5.38 Å². The molecular formula is C12H11NO3S. The van der Waals surface area contributed by atoms with Gasteiger partial charge >= 0.3 is 10.8 Å². The first-order valence-electron chi connectivity index (χ1n) is 5.05. The molecule has 17 heavy (non-hydrogen) atoms. The quantitative estimate of drug-likeness (QED) is 0.904. The van der Waals surface area contributed by atoms with Gasteiger partial charge in [0.05, 0.1) is 5.69 Å². The van der Waals surface area contributed by atoms with Crippen LogP contribution in [-0.2, 0) is 11.3 Å². The first kappa shape index (κ1) is 11.6. The first-order chi connectivity index (χ1) is 8.08. The van der Waals surface area contributed by atoms with Crippen molar-refractivity contribution in [2.45, 2.75) is 13.5 Å². The monoisotopic (exact) mass is 249 g/mol. The maximum Gasteiger partial charge on any atom is 0.323 e. The molecule has 5 heteroatoms. The Balaban J connectivity index is 2.52. The minimum Gasteiger partial charge on any atom is -0.480 e. The Kier molecular flexibility index (Phi) is 3.10. The molecule has 1 heterocycles. The van der Waals surface area contributed by atoms with Crippen LogP contribution in [0.3, 0.4) is 0 Å². The third kappa shape index (κ3) is 2.45. The average Bonchev–Trinajstić information content (AvgIpc) is 2.60. The largest absolute Gasteiger partial charge is 0.480 e. The van der Waals surface area contributed by atoms with Crippen molar-refractivity contribution >= 4 is 17.3 Å². The first-order valence-corrected chi connectivity index (χ1v) is 5.93. The number of thiazole rings is 1. The van der Waals surface area contributed by atoms with E-state index in [4.69, 9.17) is 5.11 Å². The van der Waals surface area contributed by atoms with Crippen molar-refractivity contribution in [3.8, 4) is 11.3 Å². The second-order valence-electron chi connectivity index (χ2n) is 3.74. The Morgan fingerprint density at radius 1 is 1.47 bits per heavy atom. The van der Waals surface area contributed by atoms with Gasteiger partial charge in [-0.3, -0.25) is 14.2 Å². The van der Waals surface area contributed by atoms with Crippen LogP contribution in [0.25, 0.3) is 11.3 Å². The summed E-state index contributed by atoms with van der Waals surface area (Å²) in [5.74, 6) is -1.01. The van der Waals surface area contributed by atoms with E-state index in [2.05, 4.69) is 0 Å². The summed E-state index contributed by atoms with van der Waals surface area (Å²) in [6, 6.07) is 7.64. The summed E-state index contributed by atoms with van der Waals surface area (Å²) >= 11 is 1.02. The van der Waals surface area contributed by atoms with E-state index in [-0.39, 0.29) is 11.4 Å². The zero-order chi connectivity index (χ0) is 12.4. The van der Waals surface area contributed by atoms with Gasteiger partial charge in [-0.2, -0.15) is 0 Å². The van der Waals surface area contributed by atoms with Crippen molar-refractivity contribution in [1.29, 1.82) is 0 Å². The number of aromatic nitrogens is 1. The summed E-state index contributed by atoms with van der Waals surface area (Å²) in [4.78, 5) is 22.0. The molecule has 1 aromatic heterocycles. The smallest absolute Gasteiger partial charge is 0.323 e. The highest BCUT2D eigenvalue weighted by molar-refractivity contribution is 7.07. The van der Waals surface area contributed by atoms with Crippen molar-refractivity contribution in [1.82, 2.24) is 4.57 Å². The molecule has 0 saturated heterocycles. The molecule has 0 fully saturated rings. The zero-order valence-corrected chi connectivity index (χ0v) is 10.0. The number of carboxylic acid groups (broad SMARTS) is 1. The SMILES string of the molecule is Cc1cccc(-c2csc(=O)n2CC(=O)O)c1. The molecular weight excluding hydrogens is 238 g/mol. The molecule has 0 aliphatic heterocycles. The number of aryl methyl sites for hydroxylation is 1. The number of rotatable bonds is 3. The number of carbonyl (C=O) groups is 1. The van der Waals surface area contributed by atoms with Crippen molar-refractivity contribution < 1.29 is 9.90 Å². The summed E-state index contributed by atoms with van der Waals surface area (Å²) < 4.78 is 1.28. The van der Waals surface area contributed by atoms with Gasteiger partial charge in [-0.1, -0.05) is 35.1 Å². The van der Waals surface area contributed by atoms with Crippen LogP contribution in [0.1, 0.15) is 5.56 Å². The van der Waals surface area contributed by atoms with Crippen LogP contribution in [0.2, 0.25) is 0 Å². The predicted molar refractivity (Wildman–Crippen MR) is 66.4 cm³/mol. The molecule has 88 valence electrons. The molecule has 4 nitrogen and oxygen atoms in total. The number of aliphatic carboxylic acids is 1. The molecule has 0 atom stereocenters. The Hall–Kier alpha value is -1.88. The number of benzene rings is 1. The molecule has 0 amide bonds. The van der Waals surface area contributed by atoms with Gasteiger partial charge < -0.3 is 5.11 Å². The molecule has 0 aliphatic carbocycles. The number of carboxylic acids is 1. The molecule has 0 aliphatic rings. The lowest BCUT2D eigenvalue weighted by atomic mass is 10.1. The molecule has 0 unspecified atom stereocenters. The van der Waals surface area contributed by atoms with E-state index in [1.54, 1.807) is 5.38 Å². The van der Waals surface area contributed by atoms with Crippen LogP contribution in [0.5, 0.6) is 0 Å². The van der Waals surface area contributed by atoms with Crippen molar-refractivity contribution in [2.75, 3.05) is 0 Å². The van der Waals surface area contributed by atoms with Crippen LogP contribution in [0, 0.1) is 6.92 Å². The molecule has 0 saturated carbocycles. The number of nitrogens with zero attached hydrogens (tertiary/aromatic N) is 1. The van der Waals surface area contributed by atoms with Crippen molar-refractivity contribution in [3.05, 3.63) is 44.9 Å². The highest BCUT2D eigenvalue weighted by Gasteiger charge is 2.11. The standard InChI is InChI=1S/C12H11NO3S/c1-8-3-2-4-9(5-8)10-7-17-12(16)13(10)6-11(14)15/h2-5,7H,6H2,1H3,(H,14,15). The molecule has 1 aromatic carbocycles. The summed E-state index contributed by atoms with van der Waals surface area (Å²) in [6.45, 7) is 1.65. The van der Waals surface area contributed by atoms with E-state index >= 15 is 0 Å². The third-order valence-electron chi connectivity index (χ3n) is 2.39. The van der Waals surface area contributed by atoms with Gasteiger partial charge in [0.2, 0.25) is 0 Å². The molecule has 0 bridgehead atoms. The predicted octanol–water partition coefficient (Wildman–Crippen LogP) is 1.97. The molecule has 1 N–H and O–H groups in total. The molecule has 2 aromatic rings. The Labute approximate surface area is 102 Å². The van der Waals surface area contributed by atoms with Gasteiger partial charge in [0.15, 0.2) is 0 Å². The maximum atomic E-state index is 11.6. The molecule has 0 radical (unpaired) electrons. The van der Waals surface area contributed by atoms with Crippen LogP contribution in [0.15, 0.2) is 34.4 Å². The van der Waals surface area contributed by atoms with E-state index in [0.717, 1.165) is 22.5 Å². The lowest BCUT2D eigenvalue weighted by Gasteiger charge is -2.05. The van der Waals surface area contributed by atoms with Crippen LogP contribution in [-0.4, -0.2) is 15.6 Å². The van der Waals surface area contributed by atoms with Gasteiger partial charge in [-0.25, -0.2) is 0 Å². The fraction of sp³-hybridized carbons (Fsp3) is 0.167. The lowest BCUT2D eigenvalue weighted by Crippen LogP contribution is -2.19. The topological polar surface area (TPSA) is 59.3 Å². The minimum absolute atomic E-state index is 0.246. The fourth-order valence-corrected chi connectivity index (χ4v) is 2.41. The Morgan fingerprint density at radius 3 is 2.88 bits per heavy atom. The van der Waals surface area contributed by atoms with E-state index in [1.807, 2.05) is 31.2 Å².